The van der Waals surface area contributed by atoms with Crippen LogP contribution in [0.2, 0.25) is 0 Å². The van der Waals surface area contributed by atoms with Gasteiger partial charge in [0, 0.05) is 31.4 Å². The normalized spacial score (nSPS) is 10.7. The number of aromatic nitrogens is 1. The van der Waals surface area contributed by atoms with Crippen LogP contribution in [0, 0.1) is 5.82 Å². The average Bonchev–Trinajstić information content (AvgIpc) is 2.60. The molecule has 0 saturated carbocycles. The van der Waals surface area contributed by atoms with Crippen molar-refractivity contribution in [1.29, 1.82) is 0 Å². The van der Waals surface area contributed by atoms with Crippen molar-refractivity contribution in [2.75, 3.05) is 13.1 Å². The summed E-state index contributed by atoms with van der Waals surface area (Å²) < 4.78 is 14.3. The van der Waals surface area contributed by atoms with Crippen molar-refractivity contribution in [2.24, 2.45) is 7.05 Å². The maximum Gasteiger partial charge on any atom is 0.263 e. The Hall–Kier alpha value is -2.96. The summed E-state index contributed by atoms with van der Waals surface area (Å²) in [6.45, 7) is 4.30. The molecule has 0 aliphatic carbocycles. The highest BCUT2D eigenvalue weighted by atomic mass is 19.1. The lowest BCUT2D eigenvalue weighted by molar-refractivity contribution is 0.0926. The summed E-state index contributed by atoms with van der Waals surface area (Å²) in [5.41, 5.74) is 0.875. The first-order valence-electron chi connectivity index (χ1n) is 8.33. The zero-order valence-electron chi connectivity index (χ0n) is 15.0. The van der Waals surface area contributed by atoms with Crippen LogP contribution in [0.25, 0.3) is 0 Å². The van der Waals surface area contributed by atoms with E-state index in [0.717, 1.165) is 5.69 Å². The Morgan fingerprint density at radius 2 is 1.58 bits per heavy atom. The van der Waals surface area contributed by atoms with Crippen LogP contribution in [0.1, 0.15) is 46.2 Å². The molecule has 26 heavy (non-hydrogen) atoms. The van der Waals surface area contributed by atoms with E-state index in [1.807, 2.05) is 13.8 Å². The fourth-order valence-corrected chi connectivity index (χ4v) is 2.55. The molecule has 2 rings (SSSR count). The fraction of sp³-hybridized carbons (Fsp3) is 0.316. The number of benzene rings is 1. The first kappa shape index (κ1) is 19.4. The predicted octanol–water partition coefficient (Wildman–Crippen LogP) is 1.81. The minimum Gasteiger partial charge on any atom is -0.350 e. The predicted molar refractivity (Wildman–Crippen MR) is 96.8 cm³/mol. The molecule has 1 aromatic carbocycles. The number of nitrogens with zero attached hydrogens (tertiary/aromatic N) is 1. The lowest BCUT2D eigenvalue weighted by atomic mass is 10.1. The molecule has 0 unspecified atom stereocenters. The van der Waals surface area contributed by atoms with Crippen LogP contribution in [-0.4, -0.2) is 29.5 Å². The third kappa shape index (κ3) is 4.56. The molecule has 1 heterocycles. The van der Waals surface area contributed by atoms with E-state index in [4.69, 9.17) is 0 Å². The van der Waals surface area contributed by atoms with E-state index in [2.05, 4.69) is 10.6 Å². The van der Waals surface area contributed by atoms with Crippen LogP contribution in [0.15, 0.2) is 41.2 Å². The van der Waals surface area contributed by atoms with Crippen LogP contribution >= 0.6 is 0 Å². The zero-order valence-corrected chi connectivity index (χ0v) is 15.0. The summed E-state index contributed by atoms with van der Waals surface area (Å²) in [5, 5.41) is 5.22. The van der Waals surface area contributed by atoms with Gasteiger partial charge in [0.2, 0.25) is 0 Å². The molecule has 2 N–H and O–H groups in total. The minimum absolute atomic E-state index is 0.0572. The maximum atomic E-state index is 12.8. The Labute approximate surface area is 151 Å². The molecule has 0 bridgehead atoms. The van der Waals surface area contributed by atoms with Gasteiger partial charge in [-0.2, -0.15) is 0 Å². The summed E-state index contributed by atoms with van der Waals surface area (Å²) in [4.78, 5) is 36.3. The van der Waals surface area contributed by atoms with Gasteiger partial charge in [0.15, 0.2) is 0 Å². The number of rotatable bonds is 6. The Kier molecular flexibility index (Phi) is 6.27. The Bertz CT molecular complexity index is 857. The number of amides is 2. The largest absolute Gasteiger partial charge is 0.350 e. The van der Waals surface area contributed by atoms with Gasteiger partial charge in [-0.3, -0.25) is 14.4 Å². The fourth-order valence-electron chi connectivity index (χ4n) is 2.55. The van der Waals surface area contributed by atoms with E-state index in [1.165, 1.54) is 34.9 Å². The highest BCUT2D eigenvalue weighted by Crippen LogP contribution is 2.11. The number of carbonyl (C=O) groups is 2. The highest BCUT2D eigenvalue weighted by Gasteiger charge is 2.14. The Morgan fingerprint density at radius 3 is 2.15 bits per heavy atom. The molecule has 0 aliphatic rings. The number of halogens is 1. The lowest BCUT2D eigenvalue weighted by Gasteiger charge is -2.13. The third-order valence-electron chi connectivity index (χ3n) is 3.98. The van der Waals surface area contributed by atoms with Gasteiger partial charge >= 0.3 is 0 Å². The van der Waals surface area contributed by atoms with Gasteiger partial charge in [-0.15, -0.1) is 0 Å². The van der Waals surface area contributed by atoms with Crippen molar-refractivity contribution in [2.45, 2.75) is 19.8 Å². The molecule has 7 heteroatoms. The quantitative estimate of drug-likeness (QED) is 0.772. The first-order chi connectivity index (χ1) is 12.3. The molecule has 138 valence electrons. The number of hydrogen-bond donors (Lipinski definition) is 2. The van der Waals surface area contributed by atoms with Gasteiger partial charge in [0.1, 0.15) is 11.4 Å². The summed E-state index contributed by atoms with van der Waals surface area (Å²) in [6.07, 6.45) is 0. The van der Waals surface area contributed by atoms with E-state index in [0.29, 0.717) is 5.56 Å². The highest BCUT2D eigenvalue weighted by molar-refractivity contribution is 5.95. The molecule has 0 radical (unpaired) electrons. The van der Waals surface area contributed by atoms with E-state index < -0.39 is 11.7 Å². The molecule has 0 saturated heterocycles. The van der Waals surface area contributed by atoms with E-state index in [-0.39, 0.29) is 36.0 Å². The SMILES string of the molecule is CC(C)c1ccc(C(=O)NCCNC(=O)c2ccc(F)cc2)c(=O)n1C. The van der Waals surface area contributed by atoms with Gasteiger partial charge < -0.3 is 15.2 Å². The monoisotopic (exact) mass is 359 g/mol. The van der Waals surface area contributed by atoms with Crippen LogP contribution in [0.5, 0.6) is 0 Å². The van der Waals surface area contributed by atoms with E-state index in [1.54, 1.807) is 13.1 Å². The Morgan fingerprint density at radius 1 is 1.00 bits per heavy atom. The number of nitrogens with one attached hydrogen (secondary N) is 2. The van der Waals surface area contributed by atoms with Crippen molar-refractivity contribution in [3.63, 3.8) is 0 Å². The zero-order chi connectivity index (χ0) is 19.3. The van der Waals surface area contributed by atoms with Gasteiger partial charge in [0.25, 0.3) is 17.4 Å². The van der Waals surface area contributed by atoms with Crippen molar-refractivity contribution >= 4 is 11.8 Å². The number of pyridine rings is 1. The minimum atomic E-state index is -0.489. The van der Waals surface area contributed by atoms with Crippen molar-refractivity contribution < 1.29 is 14.0 Å². The second-order valence-electron chi connectivity index (χ2n) is 6.21. The molecule has 1 aromatic heterocycles. The molecule has 0 spiro atoms. The second-order valence-corrected chi connectivity index (χ2v) is 6.21. The molecule has 0 aliphatic heterocycles. The molecule has 2 amide bonds. The third-order valence-corrected chi connectivity index (χ3v) is 3.98. The molecule has 2 aromatic rings. The molecular weight excluding hydrogens is 337 g/mol. The topological polar surface area (TPSA) is 80.2 Å². The summed E-state index contributed by atoms with van der Waals surface area (Å²) in [7, 11) is 1.64. The van der Waals surface area contributed by atoms with Gasteiger partial charge in [-0.1, -0.05) is 13.8 Å². The van der Waals surface area contributed by atoms with Crippen molar-refractivity contribution in [3.8, 4) is 0 Å². The summed E-state index contributed by atoms with van der Waals surface area (Å²) in [6, 6.07) is 8.44. The molecule has 0 fully saturated rings. The van der Waals surface area contributed by atoms with Crippen LogP contribution in [0.3, 0.4) is 0 Å². The molecule has 0 atom stereocenters. The van der Waals surface area contributed by atoms with Crippen LogP contribution < -0.4 is 16.2 Å². The Balaban J connectivity index is 1.89. The number of carbonyl (C=O) groups excluding carboxylic acids is 2. The van der Waals surface area contributed by atoms with E-state index >= 15 is 0 Å². The van der Waals surface area contributed by atoms with Gasteiger partial charge in [-0.05, 0) is 42.3 Å². The first-order valence-corrected chi connectivity index (χ1v) is 8.33. The second kappa shape index (κ2) is 8.42. The van der Waals surface area contributed by atoms with Crippen molar-refractivity contribution in [3.05, 3.63) is 69.4 Å². The molecular formula is C19H22FN3O3. The maximum absolute atomic E-state index is 12.8. The molecule has 6 nitrogen and oxygen atoms in total. The van der Waals surface area contributed by atoms with Gasteiger partial charge in [-0.25, -0.2) is 4.39 Å². The number of hydrogen-bond acceptors (Lipinski definition) is 3. The smallest absolute Gasteiger partial charge is 0.263 e. The standard InChI is InChI=1S/C19H22FN3O3/c1-12(2)16-9-8-15(19(26)23(16)3)18(25)22-11-10-21-17(24)13-4-6-14(20)7-5-13/h4-9,12H,10-11H2,1-3H3,(H,21,24)(H,22,25). The van der Waals surface area contributed by atoms with Crippen LogP contribution in [0.4, 0.5) is 4.39 Å². The van der Waals surface area contributed by atoms with Gasteiger partial charge in [0.05, 0.1) is 0 Å². The summed E-state index contributed by atoms with van der Waals surface area (Å²) >= 11 is 0. The average molecular weight is 359 g/mol. The van der Waals surface area contributed by atoms with E-state index in [9.17, 15) is 18.8 Å². The van der Waals surface area contributed by atoms with Crippen molar-refractivity contribution in [1.82, 2.24) is 15.2 Å². The summed E-state index contributed by atoms with van der Waals surface area (Å²) in [5.74, 6) is -1.10. The lowest BCUT2D eigenvalue weighted by Crippen LogP contribution is -2.38. The van der Waals surface area contributed by atoms with Crippen LogP contribution in [-0.2, 0) is 7.05 Å².